The average molecular weight is 685 g/mol. The molecule has 0 aliphatic rings. The Morgan fingerprint density at radius 1 is 0.579 bits per heavy atom. The molecular weight excluding hydrogens is 649 g/mol. The van der Waals surface area contributed by atoms with Crippen molar-refractivity contribution in [3.63, 3.8) is 0 Å². The van der Waals surface area contributed by atoms with Gasteiger partial charge >= 0.3 is 20.1 Å². The topological polar surface area (TPSA) is 59.9 Å². The Bertz CT molecular complexity index is 1300. The first-order chi connectivity index (χ1) is 17.5. The largest absolute Gasteiger partial charge is 3.00 e. The van der Waals surface area contributed by atoms with Gasteiger partial charge in [0.2, 0.25) is 0 Å². The Morgan fingerprint density at radius 3 is 1.34 bits per heavy atom. The molecule has 0 radical (unpaired) electrons. The molecule has 4 rings (SSSR count). The maximum Gasteiger partial charge on any atom is 3.00 e. The van der Waals surface area contributed by atoms with E-state index in [2.05, 4.69) is 36.4 Å². The summed E-state index contributed by atoms with van der Waals surface area (Å²) >= 11 is 0. The summed E-state index contributed by atoms with van der Waals surface area (Å²) in [5.74, 6) is 0.0415. The van der Waals surface area contributed by atoms with Crippen LogP contribution in [0.1, 0.15) is 48.0 Å². The van der Waals surface area contributed by atoms with E-state index >= 15 is 0 Å². The maximum atomic E-state index is 11.5. The zero-order valence-electron chi connectivity index (χ0n) is 23.0. The summed E-state index contributed by atoms with van der Waals surface area (Å²) in [4.78, 5) is 32.7. The molecule has 1 aromatic heterocycles. The molecule has 3 aromatic carbocycles. The summed E-state index contributed by atoms with van der Waals surface area (Å²) < 4.78 is 0. The van der Waals surface area contributed by atoms with E-state index < -0.39 is 10.8 Å². The van der Waals surface area contributed by atoms with Crippen LogP contribution in [0.2, 0.25) is 0 Å². The van der Waals surface area contributed by atoms with Crippen LogP contribution in [-0.2, 0) is 29.7 Å². The van der Waals surface area contributed by atoms with Crippen LogP contribution in [0, 0.1) is 10.8 Å². The molecule has 196 valence electrons. The van der Waals surface area contributed by atoms with Gasteiger partial charge in [0.05, 0.1) is 29.7 Å². The fraction of sp³-hybridized carbons (Fsp3) is 0.273. The molecule has 0 saturated carbocycles. The molecule has 0 amide bonds. The predicted octanol–water partition coefficient (Wildman–Crippen LogP) is 8.08. The molecule has 4 nitrogen and oxygen atoms in total. The van der Waals surface area contributed by atoms with E-state index in [-0.39, 0.29) is 38.1 Å². The standard InChI is InChI=1S/C22H16N2.C11H20O2.Ir/c1-4-10-17(11-5-1)20-16-23-21(18-12-6-2-7-13-18)22(24-20)19-14-8-3-9-15-19;1-10(2,3)8(12)7-9(13)11(4,5)6;/h1-16H;7H2,1-6H3;/q;;+3. The third-order valence-corrected chi connectivity index (χ3v) is 5.93. The minimum absolute atomic E-state index is 0. The van der Waals surface area contributed by atoms with Crippen LogP contribution < -0.4 is 0 Å². The Hall–Kier alpha value is -3.27. The van der Waals surface area contributed by atoms with Crippen molar-refractivity contribution in [2.24, 2.45) is 10.8 Å². The van der Waals surface area contributed by atoms with Gasteiger partial charge in [0.25, 0.3) is 0 Å². The number of ketones is 2. The van der Waals surface area contributed by atoms with Crippen LogP contribution in [0.25, 0.3) is 33.8 Å². The zero-order valence-corrected chi connectivity index (χ0v) is 25.4. The van der Waals surface area contributed by atoms with Crippen molar-refractivity contribution in [3.8, 4) is 33.8 Å². The molecule has 5 heteroatoms. The third kappa shape index (κ3) is 8.65. The number of hydrogen-bond donors (Lipinski definition) is 0. The van der Waals surface area contributed by atoms with E-state index in [4.69, 9.17) is 9.97 Å². The minimum Gasteiger partial charge on any atom is -0.299 e. The molecule has 0 saturated heterocycles. The van der Waals surface area contributed by atoms with Crippen molar-refractivity contribution < 1.29 is 29.7 Å². The molecule has 0 aliphatic carbocycles. The van der Waals surface area contributed by atoms with E-state index in [0.29, 0.717) is 0 Å². The van der Waals surface area contributed by atoms with Gasteiger partial charge < -0.3 is 0 Å². The van der Waals surface area contributed by atoms with Crippen molar-refractivity contribution in [2.75, 3.05) is 0 Å². The second kappa shape index (κ2) is 13.5. The summed E-state index contributed by atoms with van der Waals surface area (Å²) in [6, 6.07) is 30.6. The number of aromatic nitrogens is 2. The Labute approximate surface area is 240 Å². The number of hydrogen-bond acceptors (Lipinski definition) is 4. The third-order valence-electron chi connectivity index (χ3n) is 5.93. The number of carbonyl (C=O) groups excluding carboxylic acids is 2. The molecule has 0 fully saturated rings. The second-order valence-corrected chi connectivity index (χ2v) is 11.1. The monoisotopic (exact) mass is 685 g/mol. The van der Waals surface area contributed by atoms with Gasteiger partial charge in [-0.25, -0.2) is 4.98 Å². The van der Waals surface area contributed by atoms with Crippen molar-refractivity contribution in [2.45, 2.75) is 48.0 Å². The number of nitrogens with zero attached hydrogens (tertiary/aromatic N) is 2. The molecule has 38 heavy (non-hydrogen) atoms. The molecule has 0 bridgehead atoms. The number of carbonyl (C=O) groups is 2. The molecule has 1 heterocycles. The van der Waals surface area contributed by atoms with Gasteiger partial charge in [0.1, 0.15) is 11.6 Å². The quantitative estimate of drug-likeness (QED) is 0.200. The zero-order chi connectivity index (χ0) is 27.1. The molecule has 0 N–H and O–H groups in total. The van der Waals surface area contributed by atoms with Crippen LogP contribution >= 0.6 is 0 Å². The SMILES string of the molecule is CC(C)(C)C(=O)CC(=O)C(C)(C)C.[Ir+3].c1ccc(-c2cnc(-c3ccccc3)c(-c3ccccc3)n2)cc1. The van der Waals surface area contributed by atoms with Crippen LogP contribution in [0.4, 0.5) is 0 Å². The molecule has 0 unspecified atom stereocenters. The van der Waals surface area contributed by atoms with E-state index in [1.165, 1.54) is 0 Å². The number of rotatable bonds is 5. The van der Waals surface area contributed by atoms with Crippen LogP contribution in [-0.4, -0.2) is 21.5 Å². The predicted molar refractivity (Wildman–Crippen MR) is 152 cm³/mol. The summed E-state index contributed by atoms with van der Waals surface area (Å²) in [6.45, 7) is 11.0. The smallest absolute Gasteiger partial charge is 0.299 e. The molecular formula is C33H36IrN2O2+3. The number of Topliss-reactive ketones (excluding diaryl/α,β-unsaturated/α-hetero) is 2. The first-order valence-corrected chi connectivity index (χ1v) is 12.6. The first kappa shape index (κ1) is 31.0. The fourth-order valence-corrected chi connectivity index (χ4v) is 3.42. The van der Waals surface area contributed by atoms with Gasteiger partial charge in [0.15, 0.2) is 0 Å². The van der Waals surface area contributed by atoms with Crippen LogP contribution in [0.5, 0.6) is 0 Å². The molecule has 0 aliphatic heterocycles. The fourth-order valence-electron chi connectivity index (χ4n) is 3.42. The Kier molecular flexibility index (Phi) is 11.0. The normalized spacial score (nSPS) is 11.0. The Balaban J connectivity index is 0.000000313. The summed E-state index contributed by atoms with van der Waals surface area (Å²) in [5.41, 5.74) is 5.10. The first-order valence-electron chi connectivity index (χ1n) is 12.6. The van der Waals surface area contributed by atoms with Gasteiger partial charge in [-0.2, -0.15) is 0 Å². The van der Waals surface area contributed by atoms with Crippen LogP contribution in [0.15, 0.2) is 97.2 Å². The number of benzene rings is 3. The van der Waals surface area contributed by atoms with Gasteiger partial charge in [-0.3, -0.25) is 14.6 Å². The van der Waals surface area contributed by atoms with Gasteiger partial charge in [-0.15, -0.1) is 0 Å². The maximum absolute atomic E-state index is 11.5. The van der Waals surface area contributed by atoms with E-state index in [1.807, 2.05) is 102 Å². The molecule has 0 spiro atoms. The summed E-state index contributed by atoms with van der Waals surface area (Å²) in [6.07, 6.45) is 1.91. The summed E-state index contributed by atoms with van der Waals surface area (Å²) in [7, 11) is 0. The van der Waals surface area contributed by atoms with E-state index in [9.17, 15) is 9.59 Å². The minimum atomic E-state index is -0.402. The average Bonchev–Trinajstić information content (AvgIpc) is 2.89. The van der Waals surface area contributed by atoms with Crippen molar-refractivity contribution in [1.29, 1.82) is 0 Å². The summed E-state index contributed by atoms with van der Waals surface area (Å²) in [5, 5.41) is 0. The van der Waals surface area contributed by atoms with Gasteiger partial charge in [-0.1, -0.05) is 133 Å². The van der Waals surface area contributed by atoms with E-state index in [1.54, 1.807) is 0 Å². The molecule has 4 aromatic rings. The van der Waals surface area contributed by atoms with Crippen LogP contribution in [0.3, 0.4) is 0 Å². The van der Waals surface area contributed by atoms with Crippen molar-refractivity contribution in [3.05, 3.63) is 97.2 Å². The Morgan fingerprint density at radius 2 is 0.947 bits per heavy atom. The van der Waals surface area contributed by atoms with Gasteiger partial charge in [-0.05, 0) is 0 Å². The molecule has 0 atom stereocenters. The van der Waals surface area contributed by atoms with Gasteiger partial charge in [0, 0.05) is 27.5 Å². The second-order valence-electron chi connectivity index (χ2n) is 11.1. The van der Waals surface area contributed by atoms with Crippen molar-refractivity contribution >= 4 is 11.6 Å². The van der Waals surface area contributed by atoms with Crippen molar-refractivity contribution in [1.82, 2.24) is 9.97 Å². The van der Waals surface area contributed by atoms with E-state index in [0.717, 1.165) is 33.8 Å².